The van der Waals surface area contributed by atoms with Gasteiger partial charge in [-0.25, -0.2) is 0 Å². The molecule has 0 bridgehead atoms. The van der Waals surface area contributed by atoms with Crippen molar-refractivity contribution in [1.29, 1.82) is 0 Å². The van der Waals surface area contributed by atoms with Gasteiger partial charge in [0.15, 0.2) is 0 Å². The second-order valence-corrected chi connectivity index (χ2v) is 5.27. The largest absolute Gasteiger partial charge is 0.409 e. The Bertz CT molecular complexity index is 230. The first kappa shape index (κ1) is 17.2. The molecule has 5 nitrogen and oxygen atoms in total. The van der Waals surface area contributed by atoms with E-state index in [2.05, 4.69) is 37.8 Å². The standard InChI is InChI=1S/C13H29N3O2/c1-11(2)6-9-18-10-8-16(12(3)4)7-5-13(14)15-17/h11-12,17H,5-10H2,1-4H3,(H2,14,15). The first-order chi connectivity index (χ1) is 8.47. The highest BCUT2D eigenvalue weighted by Crippen LogP contribution is 2.02. The number of rotatable bonds is 10. The molecule has 0 amide bonds. The zero-order chi connectivity index (χ0) is 14.0. The van der Waals surface area contributed by atoms with Crippen molar-refractivity contribution < 1.29 is 9.94 Å². The van der Waals surface area contributed by atoms with Crippen molar-refractivity contribution in [1.82, 2.24) is 4.90 Å². The molecule has 0 fully saturated rings. The Morgan fingerprint density at radius 2 is 1.89 bits per heavy atom. The molecular formula is C13H29N3O2. The number of hydrogen-bond acceptors (Lipinski definition) is 4. The molecule has 0 radical (unpaired) electrons. The summed E-state index contributed by atoms with van der Waals surface area (Å²) in [5.41, 5.74) is 5.47. The predicted octanol–water partition coefficient (Wildman–Crippen LogP) is 1.90. The summed E-state index contributed by atoms with van der Waals surface area (Å²) >= 11 is 0. The third kappa shape index (κ3) is 9.24. The van der Waals surface area contributed by atoms with Crippen molar-refractivity contribution >= 4 is 5.84 Å². The molecule has 5 heteroatoms. The van der Waals surface area contributed by atoms with Gasteiger partial charge in [-0.2, -0.15) is 0 Å². The molecule has 0 heterocycles. The van der Waals surface area contributed by atoms with Crippen LogP contribution in [0.25, 0.3) is 0 Å². The molecule has 0 aliphatic carbocycles. The van der Waals surface area contributed by atoms with Gasteiger partial charge in [0.1, 0.15) is 5.84 Å². The van der Waals surface area contributed by atoms with E-state index >= 15 is 0 Å². The normalized spacial score (nSPS) is 12.9. The van der Waals surface area contributed by atoms with E-state index in [0.29, 0.717) is 18.4 Å². The fourth-order valence-corrected chi connectivity index (χ4v) is 1.54. The Kier molecular flexibility index (Phi) is 9.69. The summed E-state index contributed by atoms with van der Waals surface area (Å²) in [6.45, 7) is 11.9. The maximum absolute atomic E-state index is 8.50. The molecule has 0 aromatic rings. The molecule has 0 aromatic carbocycles. The third-order valence-corrected chi connectivity index (χ3v) is 2.88. The molecule has 0 saturated heterocycles. The molecule has 0 aliphatic heterocycles. The molecule has 0 atom stereocenters. The fraction of sp³-hybridized carbons (Fsp3) is 0.923. The molecule has 0 saturated carbocycles. The van der Waals surface area contributed by atoms with Gasteiger partial charge in [-0.1, -0.05) is 19.0 Å². The summed E-state index contributed by atoms with van der Waals surface area (Å²) in [7, 11) is 0. The minimum atomic E-state index is 0.279. The van der Waals surface area contributed by atoms with Crippen molar-refractivity contribution in [3.05, 3.63) is 0 Å². The van der Waals surface area contributed by atoms with Gasteiger partial charge < -0.3 is 15.7 Å². The first-order valence-electron chi connectivity index (χ1n) is 6.75. The van der Waals surface area contributed by atoms with Gasteiger partial charge in [0.25, 0.3) is 0 Å². The van der Waals surface area contributed by atoms with Crippen LogP contribution in [0.4, 0.5) is 0 Å². The molecule has 0 aromatic heterocycles. The maximum atomic E-state index is 8.50. The van der Waals surface area contributed by atoms with Gasteiger partial charge in [0.05, 0.1) is 6.61 Å². The molecule has 108 valence electrons. The second kappa shape index (κ2) is 10.1. The summed E-state index contributed by atoms with van der Waals surface area (Å²) in [4.78, 5) is 2.27. The Labute approximate surface area is 111 Å². The van der Waals surface area contributed by atoms with Crippen molar-refractivity contribution in [3.8, 4) is 0 Å². The number of nitrogens with two attached hydrogens (primary N) is 1. The van der Waals surface area contributed by atoms with Gasteiger partial charge >= 0.3 is 0 Å². The molecule has 18 heavy (non-hydrogen) atoms. The van der Waals surface area contributed by atoms with Crippen molar-refractivity contribution in [2.75, 3.05) is 26.3 Å². The molecule has 0 rings (SSSR count). The lowest BCUT2D eigenvalue weighted by molar-refractivity contribution is 0.0871. The number of oxime groups is 1. The van der Waals surface area contributed by atoms with Crippen LogP contribution in [-0.2, 0) is 4.74 Å². The van der Waals surface area contributed by atoms with E-state index in [9.17, 15) is 0 Å². The molecular weight excluding hydrogens is 230 g/mol. The van der Waals surface area contributed by atoms with Crippen molar-refractivity contribution in [2.45, 2.75) is 46.6 Å². The summed E-state index contributed by atoms with van der Waals surface area (Å²) < 4.78 is 5.61. The summed E-state index contributed by atoms with van der Waals surface area (Å²) in [5, 5.41) is 11.5. The third-order valence-electron chi connectivity index (χ3n) is 2.88. The van der Waals surface area contributed by atoms with Crippen LogP contribution in [0, 0.1) is 5.92 Å². The molecule has 3 N–H and O–H groups in total. The number of ether oxygens (including phenoxy) is 1. The smallest absolute Gasteiger partial charge is 0.140 e. The maximum Gasteiger partial charge on any atom is 0.140 e. The van der Waals surface area contributed by atoms with Crippen LogP contribution in [0.15, 0.2) is 5.16 Å². The van der Waals surface area contributed by atoms with Gasteiger partial charge in [-0.05, 0) is 26.2 Å². The van der Waals surface area contributed by atoms with E-state index in [4.69, 9.17) is 15.7 Å². The lowest BCUT2D eigenvalue weighted by Gasteiger charge is -2.26. The Morgan fingerprint density at radius 3 is 2.39 bits per heavy atom. The van der Waals surface area contributed by atoms with Crippen LogP contribution in [0.3, 0.4) is 0 Å². The van der Waals surface area contributed by atoms with E-state index in [1.807, 2.05) is 0 Å². The summed E-state index contributed by atoms with van der Waals surface area (Å²) in [5.74, 6) is 0.966. The molecule has 0 spiro atoms. The molecule has 0 unspecified atom stereocenters. The van der Waals surface area contributed by atoms with E-state index in [1.165, 1.54) is 0 Å². The minimum absolute atomic E-state index is 0.279. The first-order valence-corrected chi connectivity index (χ1v) is 6.75. The van der Waals surface area contributed by atoms with Crippen molar-refractivity contribution in [3.63, 3.8) is 0 Å². The van der Waals surface area contributed by atoms with Gasteiger partial charge in [0, 0.05) is 32.2 Å². The number of nitrogens with zero attached hydrogens (tertiary/aromatic N) is 2. The van der Waals surface area contributed by atoms with E-state index < -0.39 is 0 Å². The van der Waals surface area contributed by atoms with Gasteiger partial charge in [-0.15, -0.1) is 0 Å². The van der Waals surface area contributed by atoms with Crippen LogP contribution in [0.2, 0.25) is 0 Å². The second-order valence-electron chi connectivity index (χ2n) is 5.27. The predicted molar refractivity (Wildman–Crippen MR) is 75.0 cm³/mol. The highest BCUT2D eigenvalue weighted by molar-refractivity contribution is 5.79. The fourth-order valence-electron chi connectivity index (χ4n) is 1.54. The summed E-state index contributed by atoms with van der Waals surface area (Å²) in [6, 6.07) is 0.435. The molecule has 0 aliphatic rings. The van der Waals surface area contributed by atoms with E-state index in [-0.39, 0.29) is 5.84 Å². The highest BCUT2D eigenvalue weighted by atomic mass is 16.5. The van der Waals surface area contributed by atoms with Crippen LogP contribution in [-0.4, -0.2) is 48.3 Å². The zero-order valence-corrected chi connectivity index (χ0v) is 12.2. The van der Waals surface area contributed by atoms with Crippen LogP contribution >= 0.6 is 0 Å². The lowest BCUT2D eigenvalue weighted by Crippen LogP contribution is -2.36. The summed E-state index contributed by atoms with van der Waals surface area (Å²) in [6.07, 6.45) is 1.69. The quantitative estimate of drug-likeness (QED) is 0.207. The van der Waals surface area contributed by atoms with E-state index in [1.54, 1.807) is 0 Å². The zero-order valence-electron chi connectivity index (χ0n) is 12.2. The highest BCUT2D eigenvalue weighted by Gasteiger charge is 2.09. The topological polar surface area (TPSA) is 71.1 Å². The average Bonchev–Trinajstić information content (AvgIpc) is 2.31. The SMILES string of the molecule is CC(C)CCOCCN(CC/C(N)=N/O)C(C)C. The van der Waals surface area contributed by atoms with Crippen LogP contribution in [0.5, 0.6) is 0 Å². The number of amidine groups is 1. The monoisotopic (exact) mass is 259 g/mol. The van der Waals surface area contributed by atoms with Gasteiger partial charge in [0.2, 0.25) is 0 Å². The van der Waals surface area contributed by atoms with E-state index in [0.717, 1.165) is 32.7 Å². The van der Waals surface area contributed by atoms with Crippen LogP contribution < -0.4 is 5.73 Å². The number of hydrogen-bond donors (Lipinski definition) is 2. The minimum Gasteiger partial charge on any atom is -0.409 e. The Balaban J connectivity index is 3.77. The lowest BCUT2D eigenvalue weighted by atomic mass is 10.1. The Hall–Kier alpha value is -0.810. The van der Waals surface area contributed by atoms with Gasteiger partial charge in [-0.3, -0.25) is 4.90 Å². The van der Waals surface area contributed by atoms with Crippen molar-refractivity contribution in [2.24, 2.45) is 16.8 Å². The average molecular weight is 259 g/mol. The van der Waals surface area contributed by atoms with Crippen LogP contribution in [0.1, 0.15) is 40.5 Å². The Morgan fingerprint density at radius 1 is 1.22 bits per heavy atom.